The van der Waals surface area contributed by atoms with Gasteiger partial charge in [0.15, 0.2) is 0 Å². The molecule has 6 heterocycles. The number of aliphatic hydroxyl groups excluding tert-OH is 3. The van der Waals surface area contributed by atoms with Gasteiger partial charge in [-0.15, -0.1) is 46.4 Å². The van der Waals surface area contributed by atoms with E-state index >= 15 is 0 Å². The normalized spacial score (nSPS) is 18.6. The average Bonchev–Trinajstić information content (AvgIpc) is 1.69. The van der Waals surface area contributed by atoms with Gasteiger partial charge < -0.3 is 82.0 Å². The standard InChI is InChI=1S/C28H38N4O6S.C26H34N4O6S.C23H32N4O3S.C5H8O4.ClH/c1-7-38-23(35)13-22(34)31-25(28(4,5)6)27(37)32-14-20(33)12-21(32)26(36)30-16(2)18-8-10-19(11-9-18)24-17(3)29-15-39-24;1-14(16-6-8-17(9-7-16)22-15(2)27-13-37-22)28-24(35)19-10-18(31)12-30(19)25(36)23(26(3,4)5)29-20(32)11-21(33)34;1-13(15-6-8-16(9-7-15)19-14(2)25-12-31-19)26-21(29)18-10-17(28)11-27(18)22(30)20(24)23(3,4)5;1-2-9-5(8)3-4(6)7;/h8-11,15-16,20-21,25,33H,7,12-14H2,1-6H3,(H,30,36)(H,31,34);6-9,13-14,18-19,23,31H,10-12H2,1-5H3,(H,28,35)(H,29,32)(H,33,34);6-9,12-13,17-18,20,28H,10-11,24H2,1-5H3,(H,26,29);2-3H2,1H3,(H,6,7);1H/t16-,20-,21-,25+;14-,18-,19-,23+;13-,17-,18-,20+;;/m000../s1. The highest BCUT2D eigenvalue weighted by atomic mass is 35.5. The number of β-amino-alcohol motifs (C(OH)–C–C–N with tert-alkyl or cyclic N) is 3. The van der Waals surface area contributed by atoms with Crippen LogP contribution in [0.4, 0.5) is 0 Å². The number of benzene rings is 3. The first-order valence-corrected chi connectivity index (χ1v) is 40.9. The SMILES string of the molecule is CCOC(=O)CC(=O)N[C@H](C(=O)N1C[C@@H](O)C[C@H]1C(=O)N[C@@H](C)c1ccc(-c2scnc2C)cc1)C(C)(C)C.CCOC(=O)CC(=O)O.Cc1ncsc1-c1ccc([C@H](C)NC(=O)[C@@H]2C[C@H](O)CN2C(=O)[C@@H](N)C(C)(C)C)cc1.Cc1ncsc1-c1ccc([C@H](C)NC(=O)[C@@H]2C[C@H](O)CN2C(=O)[C@@H](NC(=O)CC(=O)O)C(C)(C)C)cc1.Cl. The van der Waals surface area contributed by atoms with Gasteiger partial charge in [0.05, 0.1) is 104 Å². The molecule has 9 rings (SSSR count). The summed E-state index contributed by atoms with van der Waals surface area (Å²) in [5.41, 5.74) is 18.5. The maximum atomic E-state index is 13.6. The van der Waals surface area contributed by atoms with Crippen molar-refractivity contribution in [3.05, 3.63) is 123 Å². The zero-order chi connectivity index (χ0) is 86.6. The van der Waals surface area contributed by atoms with Gasteiger partial charge in [-0.1, -0.05) is 135 Å². The van der Waals surface area contributed by atoms with Crippen LogP contribution in [0, 0.1) is 37.0 Å². The molecule has 8 amide bonds. The summed E-state index contributed by atoms with van der Waals surface area (Å²) in [5.74, 6) is -7.71. The molecule has 0 spiro atoms. The molecule has 3 aromatic heterocycles. The first-order valence-electron chi connectivity index (χ1n) is 38.2. The van der Waals surface area contributed by atoms with Gasteiger partial charge in [0, 0.05) is 38.9 Å². The number of rotatable bonds is 25. The molecule has 0 bridgehead atoms. The van der Waals surface area contributed by atoms with E-state index in [1.54, 1.807) is 100 Å². The molecule has 117 heavy (non-hydrogen) atoms. The van der Waals surface area contributed by atoms with E-state index in [9.17, 15) is 72.9 Å². The Kier molecular flexibility index (Phi) is 36.5. The van der Waals surface area contributed by atoms with Crippen LogP contribution in [0.1, 0.15) is 187 Å². The number of aromatic nitrogens is 3. The number of aryl methyl sites for hydroxylation is 3. The van der Waals surface area contributed by atoms with Crippen molar-refractivity contribution in [1.29, 1.82) is 0 Å². The summed E-state index contributed by atoms with van der Waals surface area (Å²) in [4.78, 5) is 167. The van der Waals surface area contributed by atoms with Gasteiger partial charge in [-0.05, 0) is 105 Å². The monoisotopic (exact) mass is 1700 g/mol. The predicted octanol–water partition coefficient (Wildman–Crippen LogP) is 8.08. The fourth-order valence-corrected chi connectivity index (χ4v) is 15.5. The molecule has 31 nitrogen and oxygen atoms in total. The summed E-state index contributed by atoms with van der Waals surface area (Å²) in [6, 6.07) is 17.4. The third-order valence-electron chi connectivity index (χ3n) is 19.5. The third kappa shape index (κ3) is 28.3. The Balaban J connectivity index is 0.000000297. The lowest BCUT2D eigenvalue weighted by atomic mass is 9.85. The predicted molar refractivity (Wildman–Crippen MR) is 445 cm³/mol. The minimum Gasteiger partial charge on any atom is -0.481 e. The second-order valence-corrected chi connectivity index (χ2v) is 34.6. The Bertz CT molecular complexity index is 4400. The molecule has 3 aromatic carbocycles. The lowest BCUT2D eigenvalue weighted by molar-refractivity contribution is -0.151. The van der Waals surface area contributed by atoms with E-state index in [0.29, 0.717) is 0 Å². The van der Waals surface area contributed by atoms with E-state index in [-0.39, 0.29) is 100 Å². The smallest absolute Gasteiger partial charge is 0.317 e. The molecule has 0 aliphatic carbocycles. The van der Waals surface area contributed by atoms with Crippen molar-refractivity contribution in [2.45, 2.75) is 229 Å². The van der Waals surface area contributed by atoms with Gasteiger partial charge in [0.25, 0.3) is 0 Å². The number of carboxylic acid groups (broad SMARTS) is 2. The Morgan fingerprint density at radius 2 is 0.718 bits per heavy atom. The fourth-order valence-electron chi connectivity index (χ4n) is 13.0. The van der Waals surface area contributed by atoms with Crippen LogP contribution < -0.4 is 32.3 Å². The molecule has 3 fully saturated rings. The van der Waals surface area contributed by atoms with Crippen LogP contribution in [0.25, 0.3) is 31.3 Å². The number of amides is 8. The number of carbonyl (C=O) groups is 12. The molecule has 3 aliphatic heterocycles. The zero-order valence-corrected chi connectivity index (χ0v) is 72.5. The Hall–Kier alpha value is -9.68. The Morgan fingerprint density at radius 3 is 0.966 bits per heavy atom. The number of nitrogens with one attached hydrogen (secondary N) is 5. The molecule has 3 aliphatic rings. The molecule has 0 radical (unpaired) electrons. The van der Waals surface area contributed by atoms with Crippen LogP contribution in [0.5, 0.6) is 0 Å². The average molecular weight is 1700 g/mol. The number of aliphatic carboxylic acids is 2. The number of hydrogen-bond acceptors (Lipinski definition) is 24. The summed E-state index contributed by atoms with van der Waals surface area (Å²) in [5, 5.41) is 61.8. The van der Waals surface area contributed by atoms with Crippen LogP contribution in [-0.2, 0) is 67.0 Å². The van der Waals surface area contributed by atoms with Gasteiger partial charge >= 0.3 is 23.9 Å². The van der Waals surface area contributed by atoms with E-state index in [0.717, 1.165) is 65.1 Å². The van der Waals surface area contributed by atoms with Gasteiger partial charge in [0.2, 0.25) is 47.3 Å². The summed E-state index contributed by atoms with van der Waals surface area (Å²) in [6.45, 7) is 31.4. The molecule has 0 saturated carbocycles. The van der Waals surface area contributed by atoms with Gasteiger partial charge in [0.1, 0.15) is 49.5 Å². The van der Waals surface area contributed by atoms with Crippen LogP contribution >= 0.6 is 46.4 Å². The van der Waals surface area contributed by atoms with Gasteiger partial charge in [-0.25, -0.2) is 15.0 Å². The number of nitrogens with two attached hydrogens (primary N) is 1. The Morgan fingerprint density at radius 1 is 0.444 bits per heavy atom. The highest BCUT2D eigenvalue weighted by molar-refractivity contribution is 7.14. The molecule has 640 valence electrons. The minimum atomic E-state index is -1.31. The number of hydrogen-bond donors (Lipinski definition) is 11. The van der Waals surface area contributed by atoms with Crippen LogP contribution in [0.2, 0.25) is 0 Å². The van der Waals surface area contributed by atoms with E-state index in [1.807, 2.05) is 141 Å². The lowest BCUT2D eigenvalue weighted by Gasteiger charge is -2.35. The highest BCUT2D eigenvalue weighted by Crippen LogP contribution is 2.35. The van der Waals surface area contributed by atoms with E-state index in [2.05, 4.69) is 46.3 Å². The minimum absolute atomic E-state index is 0. The number of carbonyl (C=O) groups excluding carboxylic acids is 10. The third-order valence-corrected chi connectivity index (χ3v) is 22.4. The zero-order valence-electron chi connectivity index (χ0n) is 69.2. The number of carboxylic acids is 2. The molecular formula is C82H113ClN12O19S3. The second kappa shape index (κ2) is 43.7. The van der Waals surface area contributed by atoms with E-state index in [4.69, 9.17) is 20.7 Å². The van der Waals surface area contributed by atoms with Gasteiger partial charge in [-0.3, -0.25) is 57.5 Å². The number of nitrogens with zero attached hydrogens (tertiary/aromatic N) is 6. The van der Waals surface area contributed by atoms with Crippen molar-refractivity contribution in [1.82, 2.24) is 56.2 Å². The number of halogens is 1. The first-order chi connectivity index (χ1) is 54.2. The van der Waals surface area contributed by atoms with Crippen molar-refractivity contribution in [3.63, 3.8) is 0 Å². The molecule has 6 aromatic rings. The highest BCUT2D eigenvalue weighted by Gasteiger charge is 2.48. The van der Waals surface area contributed by atoms with E-state index in [1.165, 1.54) is 14.7 Å². The van der Waals surface area contributed by atoms with Crippen LogP contribution in [-0.4, -0.2) is 214 Å². The quantitative estimate of drug-likeness (QED) is 0.0190. The maximum absolute atomic E-state index is 13.6. The molecule has 12 N–H and O–H groups in total. The van der Waals surface area contributed by atoms with Crippen molar-refractivity contribution >= 4 is 118 Å². The summed E-state index contributed by atoms with van der Waals surface area (Å²) < 4.78 is 9.16. The molecule has 12 atom stereocenters. The number of ether oxygens (including phenoxy) is 2. The van der Waals surface area contributed by atoms with Gasteiger partial charge in [-0.2, -0.15) is 0 Å². The number of aliphatic hydroxyl groups is 3. The lowest BCUT2D eigenvalue weighted by Crippen LogP contribution is -2.58. The van der Waals surface area contributed by atoms with Crippen LogP contribution in [0.3, 0.4) is 0 Å². The second-order valence-electron chi connectivity index (χ2n) is 32.0. The van der Waals surface area contributed by atoms with E-state index < -0.39 is 143 Å². The van der Waals surface area contributed by atoms with Crippen molar-refractivity contribution in [2.75, 3.05) is 32.8 Å². The molecule has 3 saturated heterocycles. The van der Waals surface area contributed by atoms with Crippen molar-refractivity contribution in [3.8, 4) is 31.3 Å². The maximum Gasteiger partial charge on any atom is 0.317 e. The number of esters is 2. The molecular weight excluding hydrogens is 1590 g/mol. The molecule has 0 unspecified atom stereocenters. The number of thiazole rings is 3. The summed E-state index contributed by atoms with van der Waals surface area (Å²) in [7, 11) is 0. The number of likely N-dealkylation sites (tertiary alicyclic amines) is 3. The van der Waals surface area contributed by atoms with Crippen LogP contribution in [0.15, 0.2) is 89.3 Å². The topological polar surface area (TPSA) is 459 Å². The summed E-state index contributed by atoms with van der Waals surface area (Å²) >= 11 is 4.73. The summed E-state index contributed by atoms with van der Waals surface area (Å²) in [6.07, 6.45) is -3.98. The largest absolute Gasteiger partial charge is 0.481 e. The fraction of sp³-hybridized carbons (Fsp3) is 0.524. The molecule has 35 heteroatoms. The van der Waals surface area contributed by atoms with Crippen molar-refractivity contribution in [2.24, 2.45) is 22.0 Å². The van der Waals surface area contributed by atoms with Crippen molar-refractivity contribution < 1.29 is 92.5 Å². The Labute approximate surface area is 700 Å². The first kappa shape index (κ1) is 97.9.